The van der Waals surface area contributed by atoms with E-state index in [1.807, 2.05) is 6.92 Å². The van der Waals surface area contributed by atoms with Crippen molar-refractivity contribution in [2.45, 2.75) is 58.5 Å². The molecule has 1 heterocycles. The lowest BCUT2D eigenvalue weighted by molar-refractivity contribution is 0.515. The average Bonchev–Trinajstić information content (AvgIpc) is 2.60. The summed E-state index contributed by atoms with van der Waals surface area (Å²) < 4.78 is 0. The monoisotopic (exact) mass is 234 g/mol. The van der Waals surface area contributed by atoms with Crippen molar-refractivity contribution in [3.63, 3.8) is 0 Å². The van der Waals surface area contributed by atoms with Crippen LogP contribution in [0, 0.1) is 0 Å². The number of rotatable bonds is 3. The van der Waals surface area contributed by atoms with Gasteiger partial charge in [0.15, 0.2) is 0 Å². The highest BCUT2D eigenvalue weighted by molar-refractivity contribution is 6.00. The fourth-order valence-corrected chi connectivity index (χ4v) is 2.11. The van der Waals surface area contributed by atoms with Crippen molar-refractivity contribution in [3.8, 4) is 0 Å². The summed E-state index contributed by atoms with van der Waals surface area (Å²) >= 11 is 0. The summed E-state index contributed by atoms with van der Waals surface area (Å²) in [6.07, 6.45) is 9.41. The van der Waals surface area contributed by atoms with E-state index >= 15 is 0 Å². The van der Waals surface area contributed by atoms with Crippen LogP contribution in [0.1, 0.15) is 52.4 Å². The van der Waals surface area contributed by atoms with Crippen LogP contribution in [0.4, 0.5) is 0 Å². The molecule has 2 rings (SSSR count). The van der Waals surface area contributed by atoms with Crippen molar-refractivity contribution in [2.75, 3.05) is 0 Å². The summed E-state index contributed by atoms with van der Waals surface area (Å²) in [7, 11) is 0. The van der Waals surface area contributed by atoms with Gasteiger partial charge in [0.05, 0.1) is 5.71 Å². The van der Waals surface area contributed by atoms with Gasteiger partial charge in [-0.15, -0.1) is 0 Å². The summed E-state index contributed by atoms with van der Waals surface area (Å²) in [5, 5.41) is 8.78. The highest BCUT2D eigenvalue weighted by Gasteiger charge is 2.18. The van der Waals surface area contributed by atoms with Crippen LogP contribution < -0.4 is 10.9 Å². The second kappa shape index (κ2) is 5.84. The molecule has 1 saturated carbocycles. The third-order valence-electron chi connectivity index (χ3n) is 3.34. The van der Waals surface area contributed by atoms with Crippen LogP contribution in [-0.4, -0.2) is 17.6 Å². The van der Waals surface area contributed by atoms with E-state index in [0.717, 1.165) is 25.0 Å². The zero-order valence-corrected chi connectivity index (χ0v) is 10.8. The van der Waals surface area contributed by atoms with Gasteiger partial charge in [-0.2, -0.15) is 10.2 Å². The summed E-state index contributed by atoms with van der Waals surface area (Å²) in [6, 6.07) is 0. The predicted octanol–water partition coefficient (Wildman–Crippen LogP) is 2.54. The van der Waals surface area contributed by atoms with Gasteiger partial charge >= 0.3 is 0 Å². The maximum absolute atomic E-state index is 4.46. The van der Waals surface area contributed by atoms with Gasteiger partial charge in [0.25, 0.3) is 0 Å². The highest BCUT2D eigenvalue weighted by atomic mass is 15.5. The normalized spacial score (nSPS) is 25.1. The van der Waals surface area contributed by atoms with Crippen LogP contribution in [0.2, 0.25) is 0 Å². The van der Waals surface area contributed by atoms with Crippen molar-refractivity contribution in [1.82, 2.24) is 10.9 Å². The van der Waals surface area contributed by atoms with E-state index in [1.54, 1.807) is 0 Å². The maximum atomic E-state index is 4.46. The van der Waals surface area contributed by atoms with E-state index in [4.69, 9.17) is 0 Å². The zero-order valence-electron chi connectivity index (χ0n) is 10.8. The van der Waals surface area contributed by atoms with Crippen molar-refractivity contribution >= 4 is 11.4 Å². The van der Waals surface area contributed by atoms with Crippen molar-refractivity contribution in [2.24, 2.45) is 10.2 Å². The lowest BCUT2D eigenvalue weighted by Gasteiger charge is -2.21. The predicted molar refractivity (Wildman–Crippen MR) is 72.1 cm³/mol. The van der Waals surface area contributed by atoms with Gasteiger partial charge in [0.2, 0.25) is 0 Å². The second-order valence-electron chi connectivity index (χ2n) is 4.75. The Morgan fingerprint density at radius 1 is 1.47 bits per heavy atom. The van der Waals surface area contributed by atoms with Gasteiger partial charge in [-0.05, 0) is 50.7 Å². The van der Waals surface area contributed by atoms with Crippen LogP contribution in [0.25, 0.3) is 0 Å². The van der Waals surface area contributed by atoms with Crippen molar-refractivity contribution in [1.29, 1.82) is 0 Å². The molecule has 0 aromatic carbocycles. The first-order valence-corrected chi connectivity index (χ1v) is 6.61. The second-order valence-corrected chi connectivity index (χ2v) is 4.75. The Morgan fingerprint density at radius 3 is 3.12 bits per heavy atom. The minimum atomic E-state index is 0.0494. The number of hydrogen-bond donors (Lipinski definition) is 2. The van der Waals surface area contributed by atoms with Gasteiger partial charge in [-0.1, -0.05) is 13.3 Å². The molecule has 4 nitrogen and oxygen atoms in total. The van der Waals surface area contributed by atoms with Crippen LogP contribution in [0.5, 0.6) is 0 Å². The van der Waals surface area contributed by atoms with Crippen LogP contribution in [0.15, 0.2) is 21.9 Å². The lowest BCUT2D eigenvalue weighted by atomic mass is 10.0. The molecular weight excluding hydrogens is 212 g/mol. The number of nitrogens with one attached hydrogen (secondary N) is 2. The molecule has 0 bridgehead atoms. The van der Waals surface area contributed by atoms with Crippen LogP contribution in [-0.2, 0) is 0 Å². The van der Waals surface area contributed by atoms with Gasteiger partial charge in [-0.3, -0.25) is 10.9 Å². The molecule has 0 aromatic heterocycles. The smallest absolute Gasteiger partial charge is 0.148 e. The number of fused-ring (bicyclic) bond motifs is 1. The Balaban J connectivity index is 1.98. The summed E-state index contributed by atoms with van der Waals surface area (Å²) in [4.78, 5) is 0. The number of allylic oxidation sites excluding steroid dienone is 1. The third kappa shape index (κ3) is 3.32. The number of hydrogen-bond acceptors (Lipinski definition) is 4. The first kappa shape index (κ1) is 12.1. The SMILES string of the molecule is CC/C(C)=N\NC1C=C2CCCCCC2=NN1. The maximum Gasteiger partial charge on any atom is 0.148 e. The van der Waals surface area contributed by atoms with Gasteiger partial charge in [0, 0.05) is 5.71 Å². The van der Waals surface area contributed by atoms with E-state index in [2.05, 4.69) is 34.1 Å². The fourth-order valence-electron chi connectivity index (χ4n) is 2.11. The van der Waals surface area contributed by atoms with Gasteiger partial charge < -0.3 is 0 Å². The first-order chi connectivity index (χ1) is 8.29. The van der Waals surface area contributed by atoms with Gasteiger partial charge in [0.1, 0.15) is 6.17 Å². The molecule has 1 fully saturated rings. The number of hydrazone groups is 2. The molecule has 1 unspecified atom stereocenters. The molecule has 1 aliphatic heterocycles. The molecule has 0 saturated heterocycles. The largest absolute Gasteiger partial charge is 0.283 e. The van der Waals surface area contributed by atoms with Crippen LogP contribution in [0.3, 0.4) is 0 Å². The fraction of sp³-hybridized carbons (Fsp3) is 0.692. The quantitative estimate of drug-likeness (QED) is 0.582. The Hall–Kier alpha value is -1.32. The minimum absolute atomic E-state index is 0.0494. The molecule has 2 aliphatic rings. The first-order valence-electron chi connectivity index (χ1n) is 6.61. The standard InChI is InChI=1S/C13H22N4/c1-3-10(2)14-16-13-9-11-7-5-4-6-8-12(11)15-17-13/h9,13,16-17H,3-8H2,1-2H3/b14-10-. The molecule has 0 spiro atoms. The summed E-state index contributed by atoms with van der Waals surface area (Å²) in [6.45, 7) is 4.14. The van der Waals surface area contributed by atoms with E-state index < -0.39 is 0 Å². The third-order valence-corrected chi connectivity index (χ3v) is 3.34. The van der Waals surface area contributed by atoms with E-state index in [-0.39, 0.29) is 6.17 Å². The van der Waals surface area contributed by atoms with E-state index in [0.29, 0.717) is 0 Å². The Morgan fingerprint density at radius 2 is 2.29 bits per heavy atom. The Bertz CT molecular complexity index is 354. The topological polar surface area (TPSA) is 48.8 Å². The van der Waals surface area contributed by atoms with E-state index in [1.165, 1.54) is 30.5 Å². The summed E-state index contributed by atoms with van der Waals surface area (Å²) in [5.74, 6) is 0. The minimum Gasteiger partial charge on any atom is -0.283 e. The zero-order chi connectivity index (χ0) is 12.1. The number of nitrogens with zero attached hydrogens (tertiary/aromatic N) is 2. The Labute approximate surface area is 103 Å². The molecule has 2 N–H and O–H groups in total. The molecule has 0 radical (unpaired) electrons. The van der Waals surface area contributed by atoms with Gasteiger partial charge in [-0.25, -0.2) is 0 Å². The van der Waals surface area contributed by atoms with E-state index in [9.17, 15) is 0 Å². The average molecular weight is 234 g/mol. The summed E-state index contributed by atoms with van der Waals surface area (Å²) in [5.41, 5.74) is 10.0. The molecule has 94 valence electrons. The molecule has 1 aliphatic carbocycles. The van der Waals surface area contributed by atoms with Crippen LogP contribution >= 0.6 is 0 Å². The van der Waals surface area contributed by atoms with Crippen molar-refractivity contribution in [3.05, 3.63) is 11.6 Å². The Kier molecular flexibility index (Phi) is 4.18. The molecule has 17 heavy (non-hydrogen) atoms. The highest BCUT2D eigenvalue weighted by Crippen LogP contribution is 2.22. The molecule has 4 heteroatoms. The molecule has 0 aromatic rings. The molecule has 1 atom stereocenters. The molecule has 0 amide bonds. The molecular formula is C13H22N4. The lowest BCUT2D eigenvalue weighted by Crippen LogP contribution is -2.39. The van der Waals surface area contributed by atoms with Crippen molar-refractivity contribution < 1.29 is 0 Å².